The van der Waals surface area contributed by atoms with Gasteiger partial charge in [0.2, 0.25) is 0 Å². The van der Waals surface area contributed by atoms with Crippen molar-refractivity contribution < 1.29 is 0 Å². The lowest BCUT2D eigenvalue weighted by Gasteiger charge is -1.99. The normalized spacial score (nSPS) is 10.4. The first-order chi connectivity index (χ1) is 10.8. The van der Waals surface area contributed by atoms with Gasteiger partial charge < -0.3 is 9.41 Å². The molecule has 0 aliphatic rings. The molecule has 0 saturated heterocycles. The van der Waals surface area contributed by atoms with Gasteiger partial charge in [-0.2, -0.15) is 0 Å². The second kappa shape index (κ2) is 6.23. The third-order valence-electron chi connectivity index (χ3n) is 3.55. The van der Waals surface area contributed by atoms with Gasteiger partial charge in [-0.25, -0.2) is 4.98 Å². The van der Waals surface area contributed by atoms with E-state index in [0.29, 0.717) is 5.82 Å². The molecule has 0 fully saturated rings. The molecule has 0 atom stereocenters. The topological polar surface area (TPSA) is 35.1 Å². The van der Waals surface area contributed by atoms with Crippen LogP contribution in [0.25, 0.3) is 16.1 Å². The predicted molar refractivity (Wildman–Crippen MR) is 86.6 cm³/mol. The van der Waals surface area contributed by atoms with E-state index in [2.05, 4.69) is 26.5 Å². The van der Waals surface area contributed by atoms with E-state index in [1.54, 1.807) is 6.07 Å². The summed E-state index contributed by atoms with van der Waals surface area (Å²) in [6, 6.07) is 15.7. The molecular formula is C18H16N4. The van der Waals surface area contributed by atoms with Crippen molar-refractivity contribution in [1.82, 2.24) is 14.5 Å². The number of benzene rings is 1. The van der Waals surface area contributed by atoms with E-state index in [4.69, 9.17) is 11.6 Å². The molecule has 3 aromatic rings. The van der Waals surface area contributed by atoms with E-state index in [9.17, 15) is 0 Å². The number of aryl methyl sites for hydroxylation is 3. The molecule has 108 valence electrons. The molecule has 0 unspecified atom stereocenters. The van der Waals surface area contributed by atoms with Crippen LogP contribution in [0.15, 0.2) is 54.7 Å². The summed E-state index contributed by atoms with van der Waals surface area (Å²) in [4.78, 5) is 12.4. The lowest BCUT2D eigenvalue weighted by molar-refractivity contribution is 0.763. The molecule has 0 spiro atoms. The summed E-state index contributed by atoms with van der Waals surface area (Å²) in [5.74, 6) is 1.47. The molecule has 4 nitrogen and oxygen atoms in total. The minimum Gasteiger partial charge on any atom is -0.361 e. The van der Waals surface area contributed by atoms with Crippen LogP contribution < -0.4 is 0 Å². The van der Waals surface area contributed by atoms with E-state index < -0.39 is 0 Å². The molecule has 0 amide bonds. The van der Waals surface area contributed by atoms with Crippen molar-refractivity contribution in [3.63, 3.8) is 0 Å². The SMILES string of the molecule is [C-]#[N+]c1cccc(CCc2nc(-c3ccccc3)cn2C)n1. The molecule has 0 bridgehead atoms. The lowest BCUT2D eigenvalue weighted by atomic mass is 10.2. The maximum absolute atomic E-state index is 7.02. The van der Waals surface area contributed by atoms with E-state index in [0.717, 1.165) is 35.6 Å². The maximum atomic E-state index is 7.02. The van der Waals surface area contributed by atoms with Crippen molar-refractivity contribution in [2.24, 2.45) is 7.05 Å². The summed E-state index contributed by atoms with van der Waals surface area (Å²) in [6.07, 6.45) is 3.63. The van der Waals surface area contributed by atoms with Crippen LogP contribution in [-0.2, 0) is 19.9 Å². The third kappa shape index (κ3) is 3.04. The number of hydrogen-bond acceptors (Lipinski definition) is 2. The zero-order valence-electron chi connectivity index (χ0n) is 12.4. The Hall–Kier alpha value is -2.93. The highest BCUT2D eigenvalue weighted by Gasteiger charge is 2.09. The Balaban J connectivity index is 1.76. The quantitative estimate of drug-likeness (QED) is 0.684. The molecule has 1 aromatic carbocycles. The molecular weight excluding hydrogens is 272 g/mol. The number of aromatic nitrogens is 3. The monoisotopic (exact) mass is 288 g/mol. The van der Waals surface area contributed by atoms with E-state index in [1.165, 1.54) is 0 Å². The van der Waals surface area contributed by atoms with Crippen molar-refractivity contribution in [2.45, 2.75) is 12.8 Å². The Labute approximate surface area is 129 Å². The Morgan fingerprint density at radius 1 is 1.00 bits per heavy atom. The third-order valence-corrected chi connectivity index (χ3v) is 3.55. The molecule has 0 aliphatic carbocycles. The second-order valence-electron chi connectivity index (χ2n) is 5.12. The smallest absolute Gasteiger partial charge is 0.269 e. The fraction of sp³-hybridized carbons (Fsp3) is 0.167. The number of hydrogen-bond donors (Lipinski definition) is 0. The fourth-order valence-electron chi connectivity index (χ4n) is 2.39. The Bertz CT molecular complexity index is 813. The van der Waals surface area contributed by atoms with Crippen LogP contribution in [-0.4, -0.2) is 14.5 Å². The molecule has 2 aromatic heterocycles. The van der Waals surface area contributed by atoms with Gasteiger partial charge in [-0.05, 0) is 12.1 Å². The average molecular weight is 288 g/mol. The van der Waals surface area contributed by atoms with E-state index in [-0.39, 0.29) is 0 Å². The second-order valence-corrected chi connectivity index (χ2v) is 5.12. The van der Waals surface area contributed by atoms with Crippen molar-refractivity contribution in [3.8, 4) is 11.3 Å². The van der Waals surface area contributed by atoms with Gasteiger partial charge in [0.1, 0.15) is 11.5 Å². The van der Waals surface area contributed by atoms with Gasteiger partial charge in [-0.1, -0.05) is 43.0 Å². The van der Waals surface area contributed by atoms with Gasteiger partial charge in [-0.3, -0.25) is 0 Å². The largest absolute Gasteiger partial charge is 0.361 e. The van der Waals surface area contributed by atoms with Crippen LogP contribution >= 0.6 is 0 Å². The average Bonchev–Trinajstić information content (AvgIpc) is 2.95. The van der Waals surface area contributed by atoms with Gasteiger partial charge >= 0.3 is 0 Å². The van der Waals surface area contributed by atoms with Crippen molar-refractivity contribution in [1.29, 1.82) is 0 Å². The van der Waals surface area contributed by atoms with Crippen molar-refractivity contribution >= 4 is 5.82 Å². The van der Waals surface area contributed by atoms with Crippen molar-refractivity contribution in [2.75, 3.05) is 0 Å². The number of pyridine rings is 1. The molecule has 2 heterocycles. The minimum atomic E-state index is 0.447. The number of imidazole rings is 1. The molecule has 22 heavy (non-hydrogen) atoms. The number of nitrogens with zero attached hydrogens (tertiary/aromatic N) is 4. The summed E-state index contributed by atoms with van der Waals surface area (Å²) >= 11 is 0. The van der Waals surface area contributed by atoms with Crippen LogP contribution in [0.5, 0.6) is 0 Å². The highest BCUT2D eigenvalue weighted by Crippen LogP contribution is 2.18. The fourth-order valence-corrected chi connectivity index (χ4v) is 2.39. The summed E-state index contributed by atoms with van der Waals surface area (Å²) in [5.41, 5.74) is 3.04. The zero-order chi connectivity index (χ0) is 15.4. The maximum Gasteiger partial charge on any atom is 0.269 e. The van der Waals surface area contributed by atoms with Gasteiger partial charge in [0.15, 0.2) is 0 Å². The van der Waals surface area contributed by atoms with Crippen LogP contribution in [0, 0.1) is 6.57 Å². The van der Waals surface area contributed by atoms with Crippen molar-refractivity contribution in [3.05, 3.63) is 77.7 Å². The van der Waals surface area contributed by atoms with E-state index >= 15 is 0 Å². The molecule has 0 aliphatic heterocycles. The number of rotatable bonds is 4. The predicted octanol–water partition coefficient (Wildman–Crippen LogP) is 3.82. The molecule has 4 heteroatoms. The van der Waals surface area contributed by atoms with E-state index in [1.807, 2.05) is 43.6 Å². The first kappa shape index (κ1) is 14.0. The van der Waals surface area contributed by atoms with Crippen LogP contribution in [0.1, 0.15) is 11.5 Å². The Kier molecular flexibility index (Phi) is 3.97. The highest BCUT2D eigenvalue weighted by molar-refractivity contribution is 5.58. The van der Waals surface area contributed by atoms with Gasteiger partial charge in [-0.15, -0.1) is 4.98 Å². The first-order valence-corrected chi connectivity index (χ1v) is 7.17. The molecule has 3 rings (SSSR count). The lowest BCUT2D eigenvalue weighted by Crippen LogP contribution is -2.00. The molecule has 0 radical (unpaired) electrons. The van der Waals surface area contributed by atoms with Crippen LogP contribution in [0.2, 0.25) is 0 Å². The van der Waals surface area contributed by atoms with Crippen LogP contribution in [0.3, 0.4) is 0 Å². The van der Waals surface area contributed by atoms with Gasteiger partial charge in [0.25, 0.3) is 5.82 Å². The first-order valence-electron chi connectivity index (χ1n) is 7.17. The standard InChI is InChI=1S/C18H16N4/c1-19-17-10-6-9-15(20-17)11-12-18-21-16(13-22(18)2)14-7-4-3-5-8-14/h3-10,13H,11-12H2,2H3. The van der Waals surface area contributed by atoms with Gasteiger partial charge in [0.05, 0.1) is 5.69 Å². The summed E-state index contributed by atoms with van der Waals surface area (Å²) in [5, 5.41) is 0. The Morgan fingerprint density at radius 3 is 2.59 bits per heavy atom. The summed E-state index contributed by atoms with van der Waals surface area (Å²) in [7, 11) is 2.01. The summed E-state index contributed by atoms with van der Waals surface area (Å²) in [6.45, 7) is 7.02. The highest BCUT2D eigenvalue weighted by atomic mass is 15.0. The minimum absolute atomic E-state index is 0.447. The zero-order valence-corrected chi connectivity index (χ0v) is 12.4. The summed E-state index contributed by atoms with van der Waals surface area (Å²) < 4.78 is 2.06. The Morgan fingerprint density at radius 2 is 1.82 bits per heavy atom. The molecule has 0 N–H and O–H groups in total. The molecule has 0 saturated carbocycles. The van der Waals surface area contributed by atoms with Crippen LogP contribution in [0.4, 0.5) is 5.82 Å². The van der Waals surface area contributed by atoms with Gasteiger partial charge in [0, 0.05) is 31.6 Å².